The smallest absolute Gasteiger partial charge is 0.243 e. The predicted molar refractivity (Wildman–Crippen MR) is 233 cm³/mol. The molecule has 5 heterocycles. The lowest BCUT2D eigenvalue weighted by atomic mass is 9.87. The summed E-state index contributed by atoms with van der Waals surface area (Å²) in [6.07, 6.45) is 11.5. The molecule has 0 saturated carbocycles. The molecule has 320 valence electrons. The first-order valence-electron chi connectivity index (χ1n) is 20.7. The number of piperidine rings is 2. The van der Waals surface area contributed by atoms with E-state index >= 15 is 0 Å². The van der Waals surface area contributed by atoms with Crippen LogP contribution in [0.15, 0.2) is 36.9 Å². The molecule has 0 aliphatic carbocycles. The highest BCUT2D eigenvalue weighted by atomic mass is 32.2. The van der Waals surface area contributed by atoms with E-state index in [1.807, 2.05) is 50.1 Å². The van der Waals surface area contributed by atoms with Crippen molar-refractivity contribution in [1.82, 2.24) is 48.6 Å². The van der Waals surface area contributed by atoms with Crippen LogP contribution in [0.25, 0.3) is 16.9 Å². The molecule has 1 aromatic carbocycles. The van der Waals surface area contributed by atoms with Crippen LogP contribution in [0.1, 0.15) is 70.8 Å². The average molecular weight is 832 g/mol. The number of aldehydes is 1. The number of para-hydroxylation sites is 1. The second kappa shape index (κ2) is 20.5. The molecular weight excluding hydrogens is 771 g/mol. The number of ether oxygens (including phenoxy) is 1. The van der Waals surface area contributed by atoms with Crippen molar-refractivity contribution in [2.75, 3.05) is 82.6 Å². The monoisotopic (exact) mass is 831 g/mol. The molecule has 6 rings (SSSR count). The van der Waals surface area contributed by atoms with Crippen molar-refractivity contribution in [1.29, 1.82) is 0 Å². The fourth-order valence-corrected chi connectivity index (χ4v) is 9.24. The molecule has 2 amide bonds. The highest BCUT2D eigenvalue weighted by Crippen LogP contribution is 2.41. The molecule has 3 unspecified atom stereocenters. The third kappa shape index (κ3) is 10.9. The zero-order valence-electron chi connectivity index (χ0n) is 35.5. The second-order valence-corrected chi connectivity index (χ2v) is 17.3. The van der Waals surface area contributed by atoms with Crippen LogP contribution in [0, 0.1) is 5.92 Å². The van der Waals surface area contributed by atoms with Gasteiger partial charge in [0.15, 0.2) is 5.75 Å². The number of benzene rings is 1. The minimum Gasteiger partial charge on any atom is -0.485 e. The standard InChI is InChI=1S/C41H61N13O4S/c1-28(2)58-39-37(31-22-44-45-23-31)43-26-54-40(39)47-41(48-54)46-34-16-21-53(24-29(34)3)59-50(6)17-9-18-52-19-14-30(15-20-52)33-10-8-11-35(38(33)49(5)27-56)51(7)32(25-55)12-13-36(57)42-4/h8,10-11,22-23,25-30,32,34H,9,12-21,24H2,1-7H3,(H,42,57)(H,44,45)(H,46,48). The van der Waals surface area contributed by atoms with Gasteiger partial charge in [-0.3, -0.25) is 14.7 Å². The zero-order valence-corrected chi connectivity index (χ0v) is 36.3. The van der Waals surface area contributed by atoms with Crippen molar-refractivity contribution in [2.45, 2.75) is 83.4 Å². The Morgan fingerprint density at radius 1 is 1.14 bits per heavy atom. The number of H-pyrrole nitrogens is 1. The number of aromatic amines is 1. The van der Waals surface area contributed by atoms with Crippen molar-refractivity contribution < 1.29 is 19.1 Å². The maximum Gasteiger partial charge on any atom is 0.243 e. The van der Waals surface area contributed by atoms with Crippen LogP contribution in [0.5, 0.6) is 5.75 Å². The maximum atomic E-state index is 12.1. The summed E-state index contributed by atoms with van der Waals surface area (Å²) in [6, 6.07) is 5.83. The number of likely N-dealkylation sites (N-methyl/N-ethyl adjacent to an activating group) is 1. The summed E-state index contributed by atoms with van der Waals surface area (Å²) in [5.74, 6) is 1.73. The maximum absolute atomic E-state index is 12.1. The first kappa shape index (κ1) is 43.8. The third-order valence-corrected chi connectivity index (χ3v) is 12.4. The van der Waals surface area contributed by atoms with Crippen LogP contribution in [0.4, 0.5) is 17.3 Å². The Labute approximate surface area is 351 Å². The Morgan fingerprint density at radius 2 is 1.93 bits per heavy atom. The number of hydrogen-bond acceptors (Lipinski definition) is 14. The van der Waals surface area contributed by atoms with Crippen molar-refractivity contribution in [3.8, 4) is 17.0 Å². The van der Waals surface area contributed by atoms with Gasteiger partial charge in [-0.1, -0.05) is 19.1 Å². The van der Waals surface area contributed by atoms with Crippen LogP contribution in [0.3, 0.4) is 0 Å². The number of carbonyl (C=O) groups excluding carboxylic acids is 3. The van der Waals surface area contributed by atoms with E-state index in [1.54, 1.807) is 42.2 Å². The molecule has 59 heavy (non-hydrogen) atoms. The van der Waals surface area contributed by atoms with Gasteiger partial charge in [0.05, 0.1) is 29.7 Å². The molecule has 2 aliphatic heterocycles. The lowest BCUT2D eigenvalue weighted by Crippen LogP contribution is -2.43. The van der Waals surface area contributed by atoms with Crippen molar-refractivity contribution in [2.24, 2.45) is 5.92 Å². The summed E-state index contributed by atoms with van der Waals surface area (Å²) in [5.41, 5.74) is 4.90. The van der Waals surface area contributed by atoms with Crippen LogP contribution < -0.4 is 25.2 Å². The van der Waals surface area contributed by atoms with Gasteiger partial charge in [0.2, 0.25) is 23.9 Å². The molecule has 0 radical (unpaired) electrons. The Bertz CT molecular complexity index is 1990. The predicted octanol–water partition coefficient (Wildman–Crippen LogP) is 4.31. The minimum absolute atomic E-state index is 0.0606. The van der Waals surface area contributed by atoms with Crippen molar-refractivity contribution in [3.63, 3.8) is 0 Å². The quantitative estimate of drug-likeness (QED) is 0.0850. The van der Waals surface area contributed by atoms with Gasteiger partial charge in [-0.2, -0.15) is 14.6 Å². The van der Waals surface area contributed by atoms with Crippen LogP contribution >= 0.6 is 12.1 Å². The fraction of sp³-hybridized carbons (Fsp3) is 0.585. The molecule has 0 spiro atoms. The van der Waals surface area contributed by atoms with Crippen molar-refractivity contribution >= 4 is 53.7 Å². The Hall–Kier alpha value is -4.78. The summed E-state index contributed by atoms with van der Waals surface area (Å²) in [7, 11) is 7.40. The van der Waals surface area contributed by atoms with Gasteiger partial charge < -0.3 is 34.9 Å². The lowest BCUT2D eigenvalue weighted by molar-refractivity contribution is -0.120. The van der Waals surface area contributed by atoms with E-state index in [0.717, 1.165) is 100 Å². The molecule has 18 heteroatoms. The third-order valence-electron chi connectivity index (χ3n) is 11.4. The number of carbonyl (C=O) groups is 3. The number of fused-ring (bicyclic) bond motifs is 1. The molecule has 2 fully saturated rings. The first-order chi connectivity index (χ1) is 28.5. The van der Waals surface area contributed by atoms with E-state index in [-0.39, 0.29) is 24.5 Å². The molecule has 3 atom stereocenters. The molecule has 17 nitrogen and oxygen atoms in total. The number of anilines is 3. The molecule has 4 aromatic rings. The van der Waals surface area contributed by atoms with E-state index in [2.05, 4.69) is 59.4 Å². The summed E-state index contributed by atoms with van der Waals surface area (Å²) in [6.45, 7) is 12.1. The molecule has 0 bridgehead atoms. The Morgan fingerprint density at radius 3 is 2.61 bits per heavy atom. The lowest BCUT2D eigenvalue weighted by Gasteiger charge is -2.38. The van der Waals surface area contributed by atoms with Crippen LogP contribution in [-0.4, -0.2) is 148 Å². The van der Waals surface area contributed by atoms with Gasteiger partial charge >= 0.3 is 0 Å². The van der Waals surface area contributed by atoms with E-state index in [1.165, 1.54) is 0 Å². The van der Waals surface area contributed by atoms with Gasteiger partial charge in [-0.25, -0.2) is 13.6 Å². The summed E-state index contributed by atoms with van der Waals surface area (Å²) in [4.78, 5) is 51.6. The number of likely N-dealkylation sites (tertiary alicyclic amines) is 1. The SMILES string of the molecule is CNC(=O)CCC(C=O)N(C)c1cccc(C2CCN(CCCN(C)SN3CCC(Nc4nc5c(OC(C)C)c(-c6cn[nH]c6)ncn5n4)C(C)C3)CC2)c1N(C)C=O. The summed E-state index contributed by atoms with van der Waals surface area (Å²) < 4.78 is 12.7. The van der Waals surface area contributed by atoms with Gasteiger partial charge in [-0.05, 0) is 96.1 Å². The number of rotatable bonds is 20. The topological polar surface area (TPSA) is 172 Å². The van der Waals surface area contributed by atoms with E-state index < -0.39 is 6.04 Å². The highest BCUT2D eigenvalue weighted by Gasteiger charge is 2.30. The summed E-state index contributed by atoms with van der Waals surface area (Å²) >= 11 is 1.82. The Kier molecular flexibility index (Phi) is 15.2. The van der Waals surface area contributed by atoms with Crippen molar-refractivity contribution in [3.05, 3.63) is 42.5 Å². The Balaban J connectivity index is 0.959. The largest absolute Gasteiger partial charge is 0.485 e. The number of hydrogen-bond donors (Lipinski definition) is 3. The first-order valence-corrected chi connectivity index (χ1v) is 21.5. The van der Waals surface area contributed by atoms with Crippen LogP contribution in [-0.2, 0) is 14.4 Å². The van der Waals surface area contributed by atoms with Gasteiger partial charge in [0, 0.05) is 77.1 Å². The van der Waals surface area contributed by atoms with Gasteiger partial charge in [0.25, 0.3) is 0 Å². The molecule has 2 saturated heterocycles. The number of amides is 2. The molecule has 3 N–H and O–H groups in total. The number of nitrogens with one attached hydrogen (secondary N) is 3. The van der Waals surface area contributed by atoms with Crippen LogP contribution in [0.2, 0.25) is 0 Å². The highest BCUT2D eigenvalue weighted by molar-refractivity contribution is 7.94. The molecular formula is C41H61N13O4S. The molecule has 3 aromatic heterocycles. The molecule has 2 aliphatic rings. The average Bonchev–Trinajstić information content (AvgIpc) is 3.92. The fourth-order valence-electron chi connectivity index (χ4n) is 8.15. The van der Waals surface area contributed by atoms with E-state index in [4.69, 9.17) is 14.8 Å². The van der Waals surface area contributed by atoms with E-state index in [9.17, 15) is 14.4 Å². The van der Waals surface area contributed by atoms with E-state index in [0.29, 0.717) is 41.3 Å². The minimum atomic E-state index is -0.486. The number of nitrogens with zero attached hydrogens (tertiary/aromatic N) is 10. The zero-order chi connectivity index (χ0) is 42.1. The van der Waals surface area contributed by atoms with Gasteiger partial charge in [-0.15, -0.1) is 5.10 Å². The normalized spacial score (nSPS) is 18.6. The second-order valence-electron chi connectivity index (χ2n) is 16.0. The summed E-state index contributed by atoms with van der Waals surface area (Å²) in [5, 5.41) is 17.8. The van der Waals surface area contributed by atoms with Gasteiger partial charge in [0.1, 0.15) is 18.3 Å². The number of aromatic nitrogens is 6.